The van der Waals surface area contributed by atoms with Gasteiger partial charge in [0.25, 0.3) is 5.69 Å². The lowest BCUT2D eigenvalue weighted by Crippen LogP contribution is -2.60. The van der Waals surface area contributed by atoms with Gasteiger partial charge in [0.15, 0.2) is 0 Å². The summed E-state index contributed by atoms with van der Waals surface area (Å²) in [4.78, 5) is 27.8. The molecule has 4 aliphatic carbocycles. The number of nitrogens with zero attached hydrogens (tertiary/aromatic N) is 4. The molecular weight excluding hydrogens is 401 g/mol. The quantitative estimate of drug-likeness (QED) is 0.597. The first-order valence-corrected chi connectivity index (χ1v) is 9.99. The zero-order valence-electron chi connectivity index (χ0n) is 15.5. The van der Waals surface area contributed by atoms with Gasteiger partial charge in [-0.2, -0.15) is 0 Å². The first kappa shape index (κ1) is 18.5. The number of nitrogens with one attached hydrogen (secondary N) is 1. The van der Waals surface area contributed by atoms with Crippen LogP contribution in [-0.2, 0) is 10.3 Å². The van der Waals surface area contributed by atoms with Gasteiger partial charge in [-0.25, -0.2) is 14.1 Å². The molecule has 152 valence electrons. The number of benzene rings is 1. The maximum Gasteiger partial charge on any atom is 0.271 e. The van der Waals surface area contributed by atoms with Gasteiger partial charge in [-0.05, 0) is 68.0 Å². The van der Waals surface area contributed by atoms with Gasteiger partial charge < -0.3 is 5.32 Å². The highest BCUT2D eigenvalue weighted by Gasteiger charge is 2.61. The van der Waals surface area contributed by atoms with Crippen LogP contribution in [0.2, 0.25) is 5.28 Å². The molecule has 29 heavy (non-hydrogen) atoms. The monoisotopic (exact) mass is 419 g/mol. The number of halogens is 2. The van der Waals surface area contributed by atoms with Crippen LogP contribution in [0.3, 0.4) is 0 Å². The van der Waals surface area contributed by atoms with Gasteiger partial charge in [0.1, 0.15) is 12.1 Å². The summed E-state index contributed by atoms with van der Waals surface area (Å²) in [5.74, 6) is -0.215. The number of non-ortho nitro benzene ring substituents is 1. The minimum absolute atomic E-state index is 0.155. The van der Waals surface area contributed by atoms with Crippen LogP contribution in [-0.4, -0.2) is 25.6 Å². The molecule has 4 saturated carbocycles. The Morgan fingerprint density at radius 2 is 2.03 bits per heavy atom. The topological polar surface area (TPSA) is 103 Å². The molecule has 0 saturated heterocycles. The Morgan fingerprint density at radius 3 is 2.66 bits per heavy atom. The molecule has 1 aromatic heterocycles. The number of anilines is 1. The van der Waals surface area contributed by atoms with Crippen molar-refractivity contribution in [1.82, 2.24) is 14.8 Å². The lowest BCUT2D eigenvalue weighted by molar-refractivity contribution is -0.384. The second-order valence-electron chi connectivity index (χ2n) is 8.80. The van der Waals surface area contributed by atoms with Gasteiger partial charge >= 0.3 is 0 Å². The fourth-order valence-electron chi connectivity index (χ4n) is 6.20. The second kappa shape index (κ2) is 6.22. The van der Waals surface area contributed by atoms with Crippen molar-refractivity contribution in [3.05, 3.63) is 45.7 Å². The molecule has 0 unspecified atom stereocenters. The maximum atomic E-state index is 14.2. The Kier molecular flexibility index (Phi) is 3.96. The predicted octanol–water partition coefficient (Wildman–Crippen LogP) is 3.91. The number of hydrogen-bond acceptors (Lipinski definition) is 5. The van der Waals surface area contributed by atoms with Crippen molar-refractivity contribution in [2.75, 3.05) is 5.32 Å². The molecule has 10 heteroatoms. The number of nitro groups is 1. The van der Waals surface area contributed by atoms with E-state index >= 15 is 0 Å². The molecule has 8 nitrogen and oxygen atoms in total. The first-order valence-electron chi connectivity index (χ1n) is 9.62. The summed E-state index contributed by atoms with van der Waals surface area (Å²) < 4.78 is 16.0. The zero-order valence-corrected chi connectivity index (χ0v) is 16.2. The Labute approximate surface area is 170 Å². The third-order valence-corrected chi connectivity index (χ3v) is 7.04. The molecular formula is C19H19ClFN5O3. The van der Waals surface area contributed by atoms with E-state index in [1.807, 2.05) is 4.68 Å². The fourth-order valence-corrected chi connectivity index (χ4v) is 6.32. The molecule has 4 aliphatic rings. The van der Waals surface area contributed by atoms with Gasteiger partial charge in [0.05, 0.1) is 21.6 Å². The molecule has 1 heterocycles. The highest BCUT2D eigenvalue weighted by molar-refractivity contribution is 6.28. The largest absolute Gasteiger partial charge is 0.323 e. The number of carbonyl (C=O) groups excluding carboxylic acids is 1. The van der Waals surface area contributed by atoms with Crippen LogP contribution in [0.25, 0.3) is 0 Å². The number of rotatable bonds is 4. The first-order chi connectivity index (χ1) is 13.8. The molecule has 0 radical (unpaired) electrons. The van der Waals surface area contributed by atoms with Crippen LogP contribution < -0.4 is 5.32 Å². The average molecular weight is 420 g/mol. The Balaban J connectivity index is 1.47. The van der Waals surface area contributed by atoms with Crippen molar-refractivity contribution in [1.29, 1.82) is 0 Å². The molecule has 0 spiro atoms. The van der Waals surface area contributed by atoms with Crippen molar-refractivity contribution in [3.63, 3.8) is 0 Å². The minimum Gasteiger partial charge on any atom is -0.323 e. The number of amides is 1. The van der Waals surface area contributed by atoms with Crippen LogP contribution in [0.5, 0.6) is 0 Å². The van der Waals surface area contributed by atoms with E-state index in [1.165, 1.54) is 0 Å². The molecule has 1 N–H and O–H groups in total. The van der Waals surface area contributed by atoms with Crippen LogP contribution in [0.4, 0.5) is 15.8 Å². The van der Waals surface area contributed by atoms with Gasteiger partial charge in [0.2, 0.25) is 11.2 Å². The van der Waals surface area contributed by atoms with E-state index in [-0.39, 0.29) is 28.1 Å². The highest BCUT2D eigenvalue weighted by Crippen LogP contribution is 2.64. The summed E-state index contributed by atoms with van der Waals surface area (Å²) >= 11 is 5.94. The van der Waals surface area contributed by atoms with Crippen molar-refractivity contribution < 1.29 is 14.1 Å². The van der Waals surface area contributed by atoms with Crippen molar-refractivity contribution in [2.24, 2.45) is 17.3 Å². The lowest BCUT2D eigenvalue weighted by atomic mass is 9.46. The summed E-state index contributed by atoms with van der Waals surface area (Å²) in [5, 5.41) is 18.2. The zero-order chi connectivity index (χ0) is 20.4. The fraction of sp³-hybridized carbons (Fsp3) is 0.526. The van der Waals surface area contributed by atoms with Crippen molar-refractivity contribution in [2.45, 2.75) is 44.1 Å². The van der Waals surface area contributed by atoms with E-state index in [9.17, 15) is 19.3 Å². The van der Waals surface area contributed by atoms with E-state index in [4.69, 9.17) is 11.6 Å². The average Bonchev–Trinajstić information content (AvgIpc) is 3.09. The van der Waals surface area contributed by atoms with Crippen molar-refractivity contribution >= 4 is 28.9 Å². The Hall–Kier alpha value is -2.55. The number of nitro benzene ring substituents is 1. The third kappa shape index (κ3) is 2.90. The van der Waals surface area contributed by atoms with Gasteiger partial charge in [-0.15, -0.1) is 5.10 Å². The van der Waals surface area contributed by atoms with E-state index in [1.54, 1.807) is 6.33 Å². The molecule has 4 fully saturated rings. The Morgan fingerprint density at radius 1 is 1.31 bits per heavy atom. The van der Waals surface area contributed by atoms with Crippen LogP contribution in [0.15, 0.2) is 24.5 Å². The Bertz CT molecular complexity index is 1010. The summed E-state index contributed by atoms with van der Waals surface area (Å²) in [6.45, 7) is 0. The predicted molar refractivity (Wildman–Crippen MR) is 102 cm³/mol. The van der Waals surface area contributed by atoms with Gasteiger partial charge in [-0.1, -0.05) is 0 Å². The summed E-state index contributed by atoms with van der Waals surface area (Å²) in [6.07, 6.45) is 6.58. The smallest absolute Gasteiger partial charge is 0.271 e. The normalized spacial score (nSPS) is 32.3. The molecule has 2 aromatic rings. The molecule has 0 aliphatic heterocycles. The number of aromatic nitrogens is 3. The van der Waals surface area contributed by atoms with Crippen LogP contribution in [0.1, 0.15) is 38.5 Å². The van der Waals surface area contributed by atoms with Crippen LogP contribution in [0, 0.1) is 33.2 Å². The van der Waals surface area contributed by atoms with Gasteiger partial charge in [0, 0.05) is 12.1 Å². The molecule has 2 atom stereocenters. The summed E-state index contributed by atoms with van der Waals surface area (Å²) in [6, 6.07) is 3.16. The second-order valence-corrected chi connectivity index (χ2v) is 9.14. The minimum atomic E-state index is -0.688. The molecule has 1 aromatic carbocycles. The van der Waals surface area contributed by atoms with E-state index in [0.29, 0.717) is 18.3 Å². The van der Waals surface area contributed by atoms with Crippen molar-refractivity contribution in [3.8, 4) is 0 Å². The SMILES string of the molecule is O=C(Nc1cc([N+](=O)[O-])ccc1F)C12C[C@@H]3C[C@@H](C1)CC(n1cnc(Cl)n1)(C3)C2. The lowest BCUT2D eigenvalue weighted by Gasteiger charge is -2.60. The molecule has 1 amide bonds. The van der Waals surface area contributed by atoms with E-state index in [0.717, 1.165) is 50.3 Å². The molecule has 6 rings (SSSR count). The standard InChI is InChI=1S/C19H19ClFN5O3/c20-17-22-10-25(24-17)19-7-11-3-12(8-19)6-18(5-11,9-19)16(27)23-15-4-13(26(28)29)1-2-14(15)21/h1-2,4,10-12H,3,5-9H2,(H,23,27)/t11-,12-,18?,19?/m0/s1. The van der Waals surface area contributed by atoms with Crippen LogP contribution >= 0.6 is 11.6 Å². The molecule has 4 bridgehead atoms. The highest BCUT2D eigenvalue weighted by atomic mass is 35.5. The van der Waals surface area contributed by atoms with E-state index in [2.05, 4.69) is 15.4 Å². The van der Waals surface area contributed by atoms with Gasteiger partial charge in [-0.3, -0.25) is 14.9 Å². The third-order valence-electron chi connectivity index (χ3n) is 6.87. The number of hydrogen-bond donors (Lipinski definition) is 1. The van der Waals surface area contributed by atoms with E-state index < -0.39 is 16.2 Å². The summed E-state index contributed by atoms with van der Waals surface area (Å²) in [7, 11) is 0. The number of carbonyl (C=O) groups is 1. The maximum absolute atomic E-state index is 14.2. The summed E-state index contributed by atoms with van der Waals surface area (Å²) in [5.41, 5.74) is -1.39.